The molecule has 4 heterocycles. The number of halogens is 1. The maximum absolute atomic E-state index is 12.8. The molecule has 0 bridgehead atoms. The number of benzene rings is 1. The minimum absolute atomic E-state index is 0.211. The molecule has 2 N–H and O–H groups in total. The van der Waals surface area contributed by atoms with Gasteiger partial charge in [-0.3, -0.25) is 0 Å². The van der Waals surface area contributed by atoms with Gasteiger partial charge in [-0.15, -0.1) is 0 Å². The molecule has 0 spiro atoms. The van der Waals surface area contributed by atoms with Crippen LogP contribution >= 0.6 is 0 Å². The lowest BCUT2D eigenvalue weighted by atomic mass is 10.1. The van der Waals surface area contributed by atoms with E-state index in [1.54, 1.807) is 7.05 Å². The van der Waals surface area contributed by atoms with E-state index in [-0.39, 0.29) is 18.7 Å². The number of carbonyl (C=O) groups is 1. The Hall–Kier alpha value is -3.31. The van der Waals surface area contributed by atoms with Gasteiger partial charge in [0, 0.05) is 51.0 Å². The number of alkyl halides is 1. The zero-order valence-electron chi connectivity index (χ0n) is 19.9. The van der Waals surface area contributed by atoms with Crippen molar-refractivity contribution in [3.63, 3.8) is 0 Å². The second-order valence-corrected chi connectivity index (χ2v) is 8.84. The average molecular weight is 483 g/mol. The molecule has 2 aliphatic rings. The standard InChI is InChI=1S/C24H31FN8O2/c1-26-24(34)28-18-4-2-17(3-5-18)21-29-22(32-12-14-35-15-13-32)20-16-27-33(23(20)30-21)19-6-9-31(10-7-19)11-8-25/h2-5,16,19H,6-15H2,1H3,(H2,26,28,34). The lowest BCUT2D eigenvalue weighted by Crippen LogP contribution is -2.37. The van der Waals surface area contributed by atoms with E-state index in [0.717, 1.165) is 61.4 Å². The van der Waals surface area contributed by atoms with Crippen molar-refractivity contribution >= 4 is 28.6 Å². The van der Waals surface area contributed by atoms with E-state index in [4.69, 9.17) is 19.8 Å². The summed E-state index contributed by atoms with van der Waals surface area (Å²) in [6.45, 7) is 4.70. The highest BCUT2D eigenvalue weighted by molar-refractivity contribution is 5.90. The second-order valence-electron chi connectivity index (χ2n) is 8.84. The number of piperidine rings is 1. The molecule has 2 fully saturated rings. The lowest BCUT2D eigenvalue weighted by Gasteiger charge is -2.31. The molecule has 2 saturated heterocycles. The Morgan fingerprint density at radius 2 is 1.86 bits per heavy atom. The van der Waals surface area contributed by atoms with Crippen molar-refractivity contribution in [2.45, 2.75) is 18.9 Å². The van der Waals surface area contributed by atoms with Gasteiger partial charge in [-0.05, 0) is 37.1 Å². The molecule has 0 aliphatic carbocycles. The van der Waals surface area contributed by atoms with E-state index in [9.17, 15) is 9.18 Å². The molecule has 10 nitrogen and oxygen atoms in total. The second kappa shape index (κ2) is 10.5. The Labute approximate surface area is 203 Å². The van der Waals surface area contributed by atoms with Gasteiger partial charge < -0.3 is 25.2 Å². The third-order valence-electron chi connectivity index (χ3n) is 6.68. The number of ether oxygens (including phenoxy) is 1. The van der Waals surface area contributed by atoms with Gasteiger partial charge in [0.15, 0.2) is 11.5 Å². The number of amides is 2. The minimum atomic E-state index is -0.313. The number of hydrogen-bond acceptors (Lipinski definition) is 7. The Morgan fingerprint density at radius 3 is 2.54 bits per heavy atom. The zero-order valence-corrected chi connectivity index (χ0v) is 19.9. The molecule has 5 rings (SSSR count). The Kier molecular flexibility index (Phi) is 7.05. The molecular weight excluding hydrogens is 451 g/mol. The summed E-state index contributed by atoms with van der Waals surface area (Å²) in [5.41, 5.74) is 2.36. The van der Waals surface area contributed by atoms with Crippen molar-refractivity contribution in [1.82, 2.24) is 30.0 Å². The third-order valence-corrected chi connectivity index (χ3v) is 6.68. The van der Waals surface area contributed by atoms with Gasteiger partial charge in [-0.1, -0.05) is 0 Å². The molecule has 0 radical (unpaired) electrons. The van der Waals surface area contributed by atoms with E-state index in [1.165, 1.54) is 0 Å². The summed E-state index contributed by atoms with van der Waals surface area (Å²) >= 11 is 0. The Morgan fingerprint density at radius 1 is 1.11 bits per heavy atom. The maximum atomic E-state index is 12.8. The number of morpholine rings is 1. The van der Waals surface area contributed by atoms with E-state index >= 15 is 0 Å². The molecule has 3 aromatic rings. The first-order valence-corrected chi connectivity index (χ1v) is 12.1. The quantitative estimate of drug-likeness (QED) is 0.557. The number of anilines is 2. The van der Waals surface area contributed by atoms with Gasteiger partial charge in [0.1, 0.15) is 12.5 Å². The SMILES string of the molecule is CNC(=O)Nc1ccc(-c2nc(N3CCOCC3)c3cnn(C4CCN(CCF)CC4)c3n2)cc1. The van der Waals surface area contributed by atoms with Gasteiger partial charge in [0.2, 0.25) is 0 Å². The normalized spacial score (nSPS) is 17.6. The first-order valence-electron chi connectivity index (χ1n) is 12.1. The van der Waals surface area contributed by atoms with Gasteiger partial charge in [-0.25, -0.2) is 23.8 Å². The van der Waals surface area contributed by atoms with Crippen LogP contribution in [0.25, 0.3) is 22.4 Å². The van der Waals surface area contributed by atoms with Crippen LogP contribution in [0.15, 0.2) is 30.5 Å². The van der Waals surface area contributed by atoms with Gasteiger partial charge >= 0.3 is 6.03 Å². The first kappa shape index (κ1) is 23.4. The number of hydrogen-bond donors (Lipinski definition) is 2. The molecule has 2 aromatic heterocycles. The topological polar surface area (TPSA) is 100 Å². The van der Waals surface area contributed by atoms with Crippen LogP contribution in [-0.4, -0.2) is 90.3 Å². The monoisotopic (exact) mass is 482 g/mol. The summed E-state index contributed by atoms with van der Waals surface area (Å²) < 4.78 is 20.4. The van der Waals surface area contributed by atoms with Crippen LogP contribution in [0.5, 0.6) is 0 Å². The summed E-state index contributed by atoms with van der Waals surface area (Å²) in [7, 11) is 1.58. The summed E-state index contributed by atoms with van der Waals surface area (Å²) in [6.07, 6.45) is 3.68. The van der Waals surface area contributed by atoms with Gasteiger partial charge in [-0.2, -0.15) is 5.10 Å². The highest BCUT2D eigenvalue weighted by Gasteiger charge is 2.26. The first-order chi connectivity index (χ1) is 17.2. The molecule has 0 unspecified atom stereocenters. The van der Waals surface area contributed by atoms with Crippen LogP contribution in [-0.2, 0) is 4.74 Å². The third kappa shape index (κ3) is 5.06. The van der Waals surface area contributed by atoms with Crippen molar-refractivity contribution in [3.05, 3.63) is 30.5 Å². The molecule has 11 heteroatoms. The molecule has 0 atom stereocenters. The van der Waals surface area contributed by atoms with Crippen molar-refractivity contribution in [3.8, 4) is 11.4 Å². The fourth-order valence-corrected chi connectivity index (χ4v) is 4.73. The van der Waals surface area contributed by atoms with Crippen molar-refractivity contribution in [2.24, 2.45) is 0 Å². The number of fused-ring (bicyclic) bond motifs is 1. The van der Waals surface area contributed by atoms with Crippen LogP contribution in [0.4, 0.5) is 20.7 Å². The lowest BCUT2D eigenvalue weighted by molar-refractivity contribution is 0.122. The maximum Gasteiger partial charge on any atom is 0.318 e. The number of rotatable bonds is 6. The summed E-state index contributed by atoms with van der Waals surface area (Å²) in [5.74, 6) is 1.48. The summed E-state index contributed by atoms with van der Waals surface area (Å²) in [4.78, 5) is 25.9. The molecule has 1 aromatic carbocycles. The molecule has 2 amide bonds. The molecule has 35 heavy (non-hydrogen) atoms. The number of likely N-dealkylation sites (tertiary alicyclic amines) is 1. The highest BCUT2D eigenvalue weighted by Crippen LogP contribution is 2.32. The number of aromatic nitrogens is 4. The van der Waals surface area contributed by atoms with Crippen molar-refractivity contribution in [2.75, 3.05) is 69.9 Å². The van der Waals surface area contributed by atoms with Crippen LogP contribution in [0.1, 0.15) is 18.9 Å². The van der Waals surface area contributed by atoms with Crippen LogP contribution in [0, 0.1) is 0 Å². The average Bonchev–Trinajstić information content (AvgIpc) is 3.34. The molecule has 0 saturated carbocycles. The summed E-state index contributed by atoms with van der Waals surface area (Å²) in [5, 5.41) is 11.0. The largest absolute Gasteiger partial charge is 0.378 e. The van der Waals surface area contributed by atoms with Crippen LogP contribution in [0.3, 0.4) is 0 Å². The van der Waals surface area contributed by atoms with E-state index in [1.807, 2.05) is 35.1 Å². The fourth-order valence-electron chi connectivity index (χ4n) is 4.73. The Bertz CT molecular complexity index is 1150. The minimum Gasteiger partial charge on any atom is -0.378 e. The van der Waals surface area contributed by atoms with Crippen molar-refractivity contribution in [1.29, 1.82) is 0 Å². The van der Waals surface area contributed by atoms with Gasteiger partial charge in [0.25, 0.3) is 0 Å². The smallest absolute Gasteiger partial charge is 0.318 e. The van der Waals surface area contributed by atoms with E-state index in [0.29, 0.717) is 31.3 Å². The fraction of sp³-hybridized carbons (Fsp3) is 0.500. The zero-order chi connectivity index (χ0) is 24.2. The van der Waals surface area contributed by atoms with E-state index in [2.05, 4.69) is 20.4 Å². The number of urea groups is 1. The molecular formula is C24H31FN8O2. The Balaban J connectivity index is 1.50. The molecule has 186 valence electrons. The van der Waals surface area contributed by atoms with Crippen LogP contribution < -0.4 is 15.5 Å². The predicted octanol–water partition coefficient (Wildman–Crippen LogP) is 2.69. The van der Waals surface area contributed by atoms with Crippen molar-refractivity contribution < 1.29 is 13.9 Å². The summed E-state index contributed by atoms with van der Waals surface area (Å²) in [6, 6.07) is 7.43. The number of carbonyl (C=O) groups excluding carboxylic acids is 1. The van der Waals surface area contributed by atoms with E-state index < -0.39 is 0 Å². The molecule has 2 aliphatic heterocycles. The number of nitrogens with one attached hydrogen (secondary N) is 2. The number of nitrogens with zero attached hydrogens (tertiary/aromatic N) is 6. The predicted molar refractivity (Wildman–Crippen MR) is 133 cm³/mol. The van der Waals surface area contributed by atoms with Gasteiger partial charge in [0.05, 0.1) is 30.8 Å². The highest BCUT2D eigenvalue weighted by atomic mass is 19.1. The van der Waals surface area contributed by atoms with Crippen LogP contribution in [0.2, 0.25) is 0 Å².